The lowest BCUT2D eigenvalue weighted by Crippen LogP contribution is -2.37. The predicted molar refractivity (Wildman–Crippen MR) is 116 cm³/mol. The van der Waals surface area contributed by atoms with E-state index in [0.717, 1.165) is 18.2 Å². The highest BCUT2D eigenvalue weighted by atomic mass is 19.4. The van der Waals surface area contributed by atoms with E-state index in [2.05, 4.69) is 5.32 Å². The van der Waals surface area contributed by atoms with E-state index in [9.17, 15) is 37.7 Å². The maximum Gasteiger partial charge on any atom is 0.416 e. The maximum atomic E-state index is 13.3. The molecule has 1 saturated heterocycles. The number of hydrogen-bond donors (Lipinski definition) is 1. The van der Waals surface area contributed by atoms with Crippen molar-refractivity contribution in [2.45, 2.75) is 12.6 Å². The lowest BCUT2D eigenvalue weighted by molar-refractivity contribution is -0.385. The number of benzene rings is 2. The summed E-state index contributed by atoms with van der Waals surface area (Å²) in [5.41, 5.74) is -1.65. The Hall–Kier alpha value is -4.00. The lowest BCUT2D eigenvalue weighted by Gasteiger charge is -2.31. The first-order valence-electron chi connectivity index (χ1n) is 10.6. The van der Waals surface area contributed by atoms with Crippen molar-refractivity contribution in [2.75, 3.05) is 43.1 Å². The van der Waals surface area contributed by atoms with Crippen LogP contribution >= 0.6 is 0 Å². The molecule has 13 heteroatoms. The average Bonchev–Trinajstić information content (AvgIpc) is 3.07. The van der Waals surface area contributed by atoms with E-state index in [-0.39, 0.29) is 16.8 Å². The van der Waals surface area contributed by atoms with E-state index >= 15 is 0 Å². The number of rotatable bonds is 6. The van der Waals surface area contributed by atoms with Crippen molar-refractivity contribution in [1.82, 2.24) is 4.90 Å². The van der Waals surface area contributed by atoms with Gasteiger partial charge in [-0.1, -0.05) is 6.07 Å². The fourth-order valence-electron chi connectivity index (χ4n) is 3.99. The maximum absolute atomic E-state index is 13.3. The third-order valence-electron chi connectivity index (χ3n) is 5.69. The van der Waals surface area contributed by atoms with Crippen LogP contribution in [-0.2, 0) is 15.7 Å². The first kappa shape index (κ1) is 24.1. The number of nitrogens with zero attached hydrogens (tertiary/aromatic N) is 3. The second kappa shape index (κ2) is 9.33. The number of hydrogen-bond acceptors (Lipinski definition) is 7. The van der Waals surface area contributed by atoms with Crippen molar-refractivity contribution in [1.29, 1.82) is 0 Å². The fraction of sp³-hybridized carbons (Fsp3) is 0.318. The highest BCUT2D eigenvalue weighted by molar-refractivity contribution is 6.23. The number of nitrogens with one attached hydrogen (secondary N) is 1. The van der Waals surface area contributed by atoms with Gasteiger partial charge >= 0.3 is 6.18 Å². The Bertz CT molecular complexity index is 1210. The molecule has 0 spiro atoms. The minimum Gasteiger partial charge on any atom is -0.378 e. The summed E-state index contributed by atoms with van der Waals surface area (Å²) in [5.74, 6) is -2.42. The number of ether oxygens (including phenoxy) is 1. The minimum absolute atomic E-state index is 0.0651. The van der Waals surface area contributed by atoms with Crippen LogP contribution in [-0.4, -0.2) is 60.4 Å². The number of imide groups is 1. The van der Waals surface area contributed by atoms with E-state index in [1.165, 1.54) is 18.2 Å². The van der Waals surface area contributed by atoms with Gasteiger partial charge in [-0.3, -0.25) is 29.4 Å². The zero-order chi connectivity index (χ0) is 25.3. The molecule has 0 aliphatic carbocycles. The van der Waals surface area contributed by atoms with E-state index in [0.29, 0.717) is 36.9 Å². The summed E-state index contributed by atoms with van der Waals surface area (Å²) in [5, 5.41) is 13.7. The van der Waals surface area contributed by atoms with Crippen molar-refractivity contribution in [3.8, 4) is 0 Å². The van der Waals surface area contributed by atoms with Gasteiger partial charge in [0.15, 0.2) is 0 Å². The molecule has 0 radical (unpaired) electrons. The SMILES string of the molecule is O=C(CCN1C(=O)c2cccc([N+](=O)[O-])c2C1=O)Nc1cc(C(F)(F)F)ccc1N1CCOCC1. The normalized spacial score (nSPS) is 15.9. The highest BCUT2D eigenvalue weighted by Crippen LogP contribution is 2.36. The zero-order valence-corrected chi connectivity index (χ0v) is 18.1. The predicted octanol–water partition coefficient (Wildman–Crippen LogP) is 3.08. The average molecular weight is 492 g/mol. The fourth-order valence-corrected chi connectivity index (χ4v) is 3.99. The van der Waals surface area contributed by atoms with E-state index < -0.39 is 53.0 Å². The molecule has 2 aliphatic heterocycles. The van der Waals surface area contributed by atoms with Crippen LogP contribution < -0.4 is 10.2 Å². The number of alkyl halides is 3. The van der Waals surface area contributed by atoms with Crippen LogP contribution in [0.4, 0.5) is 30.2 Å². The quantitative estimate of drug-likeness (QED) is 0.374. The molecule has 0 bridgehead atoms. The minimum atomic E-state index is -4.63. The van der Waals surface area contributed by atoms with Gasteiger partial charge in [-0.25, -0.2) is 0 Å². The third kappa shape index (κ3) is 4.80. The molecule has 0 aromatic heterocycles. The van der Waals surface area contributed by atoms with Crippen molar-refractivity contribution >= 4 is 34.8 Å². The largest absolute Gasteiger partial charge is 0.416 e. The number of amides is 3. The van der Waals surface area contributed by atoms with Crippen LogP contribution in [0, 0.1) is 10.1 Å². The van der Waals surface area contributed by atoms with Gasteiger partial charge < -0.3 is 15.0 Å². The Morgan fingerprint density at radius 3 is 2.49 bits per heavy atom. The first-order chi connectivity index (χ1) is 16.6. The van der Waals surface area contributed by atoms with E-state index in [1.807, 2.05) is 0 Å². The molecule has 1 fully saturated rings. The molecular weight excluding hydrogens is 473 g/mol. The summed E-state index contributed by atoms with van der Waals surface area (Å²) >= 11 is 0. The second-order valence-corrected chi connectivity index (χ2v) is 7.85. The van der Waals surface area contributed by atoms with Gasteiger partial charge in [0.2, 0.25) is 5.91 Å². The highest BCUT2D eigenvalue weighted by Gasteiger charge is 2.41. The van der Waals surface area contributed by atoms with Crippen LogP contribution in [0.5, 0.6) is 0 Å². The molecule has 2 heterocycles. The van der Waals surface area contributed by atoms with Crippen molar-refractivity contribution in [3.63, 3.8) is 0 Å². The number of carbonyl (C=O) groups excluding carboxylic acids is 3. The Balaban J connectivity index is 1.51. The van der Waals surface area contributed by atoms with Crippen molar-refractivity contribution in [3.05, 3.63) is 63.2 Å². The molecule has 2 aromatic carbocycles. The number of carbonyl (C=O) groups is 3. The zero-order valence-electron chi connectivity index (χ0n) is 18.1. The van der Waals surface area contributed by atoms with Crippen LogP contribution in [0.1, 0.15) is 32.7 Å². The van der Waals surface area contributed by atoms with Crippen LogP contribution in [0.25, 0.3) is 0 Å². The van der Waals surface area contributed by atoms with E-state index in [4.69, 9.17) is 4.74 Å². The molecule has 1 N–H and O–H groups in total. The summed E-state index contributed by atoms with van der Waals surface area (Å²) < 4.78 is 45.0. The van der Waals surface area contributed by atoms with Crippen molar-refractivity contribution in [2.24, 2.45) is 0 Å². The van der Waals surface area contributed by atoms with E-state index in [1.54, 1.807) is 4.90 Å². The number of nitro benzene ring substituents is 1. The number of morpholine rings is 1. The van der Waals surface area contributed by atoms with Gasteiger partial charge in [0, 0.05) is 32.1 Å². The number of fused-ring (bicyclic) bond motifs is 1. The summed E-state index contributed by atoms with van der Waals surface area (Å²) in [4.78, 5) is 50.8. The Kier molecular flexibility index (Phi) is 6.43. The lowest BCUT2D eigenvalue weighted by atomic mass is 10.1. The monoisotopic (exact) mass is 492 g/mol. The Labute approximate surface area is 196 Å². The van der Waals surface area contributed by atoms with Gasteiger partial charge in [-0.2, -0.15) is 13.2 Å². The molecule has 0 saturated carbocycles. The van der Waals surface area contributed by atoms with Gasteiger partial charge in [-0.15, -0.1) is 0 Å². The Morgan fingerprint density at radius 2 is 1.83 bits per heavy atom. The molecule has 3 amide bonds. The van der Waals surface area contributed by atoms with Gasteiger partial charge in [0.1, 0.15) is 5.56 Å². The molecule has 0 atom stereocenters. The summed E-state index contributed by atoms with van der Waals surface area (Å²) in [6.45, 7) is 1.19. The van der Waals surface area contributed by atoms with Gasteiger partial charge in [-0.05, 0) is 24.3 Å². The standard InChI is InChI=1S/C22H19F3N4O6/c23-22(24,25)13-4-5-16(27-8-10-35-11-9-27)15(12-13)26-18(30)6-7-28-20(31)14-2-1-3-17(29(33)34)19(14)21(28)32/h1-5,12H,6-11H2,(H,26,30). The van der Waals surface area contributed by atoms with Crippen LogP contribution in [0.3, 0.4) is 0 Å². The third-order valence-corrected chi connectivity index (χ3v) is 5.69. The van der Waals surface area contributed by atoms with Gasteiger partial charge in [0.05, 0.1) is 40.6 Å². The number of anilines is 2. The van der Waals surface area contributed by atoms with Gasteiger partial charge in [0.25, 0.3) is 17.5 Å². The first-order valence-corrected chi connectivity index (χ1v) is 10.6. The molecule has 35 heavy (non-hydrogen) atoms. The molecule has 4 rings (SSSR count). The number of nitro groups is 1. The number of halogens is 3. The Morgan fingerprint density at radius 1 is 1.11 bits per heavy atom. The summed E-state index contributed by atoms with van der Waals surface area (Å²) in [7, 11) is 0. The molecule has 2 aliphatic rings. The van der Waals surface area contributed by atoms with Crippen molar-refractivity contribution < 1.29 is 37.2 Å². The topological polar surface area (TPSA) is 122 Å². The molecule has 10 nitrogen and oxygen atoms in total. The smallest absolute Gasteiger partial charge is 0.378 e. The van der Waals surface area contributed by atoms with Crippen LogP contribution in [0.15, 0.2) is 36.4 Å². The summed E-state index contributed by atoms with van der Waals surface area (Å²) in [6, 6.07) is 6.67. The van der Waals surface area contributed by atoms with Crippen LogP contribution in [0.2, 0.25) is 0 Å². The molecule has 2 aromatic rings. The molecule has 184 valence electrons. The molecule has 0 unspecified atom stereocenters. The molecular formula is C22H19F3N4O6. The summed E-state index contributed by atoms with van der Waals surface area (Å²) in [6.07, 6.45) is -5.05. The second-order valence-electron chi connectivity index (χ2n) is 7.85.